The molecule has 3 N–H and O–H groups in total. The van der Waals surface area contributed by atoms with Gasteiger partial charge >= 0.3 is 11.7 Å². The molecule has 9 nitrogen and oxygen atoms in total. The highest BCUT2D eigenvalue weighted by molar-refractivity contribution is 5.97. The Bertz CT molecular complexity index is 1060. The number of carbonyl (C=O) groups is 1. The summed E-state index contributed by atoms with van der Waals surface area (Å²) in [7, 11) is 2.97. The number of benzene rings is 1. The van der Waals surface area contributed by atoms with Crippen LogP contribution in [0.3, 0.4) is 0 Å². The standard InChI is InChI=1S/C17H15N3O6/c1-24-9-5-3-4-7(13(9)25-2)10-11-8(6-26-16(11)22)18-14-12(10)15(21)20-17(23)19-14/h3-5,10H,6H2,1-2H3,(H3,18,19,20,21,23)/t10-/m1/s1. The summed E-state index contributed by atoms with van der Waals surface area (Å²) in [6, 6.07) is 5.18. The molecule has 3 heterocycles. The number of esters is 1. The van der Waals surface area contributed by atoms with Crippen molar-refractivity contribution in [2.75, 3.05) is 26.1 Å². The van der Waals surface area contributed by atoms with Gasteiger partial charge in [-0.15, -0.1) is 0 Å². The second-order valence-corrected chi connectivity index (χ2v) is 5.81. The summed E-state index contributed by atoms with van der Waals surface area (Å²) < 4.78 is 15.9. The SMILES string of the molecule is COc1cccc([C@@H]2C3=C(COC3=O)Nc3[nH]c(=O)[nH]c(=O)c32)c1OC. The third-order valence-electron chi connectivity index (χ3n) is 4.47. The van der Waals surface area contributed by atoms with Crippen molar-refractivity contribution in [3.63, 3.8) is 0 Å². The van der Waals surface area contributed by atoms with Crippen molar-refractivity contribution in [2.45, 2.75) is 5.92 Å². The molecule has 0 bridgehead atoms. The molecular formula is C17H15N3O6. The molecule has 134 valence electrons. The average molecular weight is 357 g/mol. The van der Waals surface area contributed by atoms with Crippen molar-refractivity contribution in [3.8, 4) is 11.5 Å². The lowest BCUT2D eigenvalue weighted by Crippen LogP contribution is -2.33. The smallest absolute Gasteiger partial charge is 0.337 e. The van der Waals surface area contributed by atoms with E-state index in [-0.39, 0.29) is 18.0 Å². The first-order chi connectivity index (χ1) is 12.5. The molecule has 26 heavy (non-hydrogen) atoms. The Hall–Kier alpha value is -3.49. The van der Waals surface area contributed by atoms with Gasteiger partial charge in [0.05, 0.1) is 37.0 Å². The van der Waals surface area contributed by atoms with Crippen molar-refractivity contribution < 1.29 is 19.0 Å². The summed E-state index contributed by atoms with van der Waals surface area (Å²) >= 11 is 0. The Morgan fingerprint density at radius 1 is 1.12 bits per heavy atom. The molecule has 0 radical (unpaired) electrons. The number of nitrogens with one attached hydrogen (secondary N) is 3. The zero-order valence-electron chi connectivity index (χ0n) is 14.0. The van der Waals surface area contributed by atoms with E-state index in [0.717, 1.165) is 0 Å². The Morgan fingerprint density at radius 2 is 1.92 bits per heavy atom. The summed E-state index contributed by atoms with van der Waals surface area (Å²) in [4.78, 5) is 41.4. The minimum absolute atomic E-state index is 0.0330. The summed E-state index contributed by atoms with van der Waals surface area (Å²) in [5.74, 6) is -0.226. The first-order valence-corrected chi connectivity index (χ1v) is 7.79. The van der Waals surface area contributed by atoms with E-state index in [9.17, 15) is 14.4 Å². The Morgan fingerprint density at radius 3 is 2.65 bits per heavy atom. The molecule has 1 aromatic carbocycles. The third-order valence-corrected chi connectivity index (χ3v) is 4.47. The predicted molar refractivity (Wildman–Crippen MR) is 90.7 cm³/mol. The fraction of sp³-hybridized carbons (Fsp3) is 0.235. The summed E-state index contributed by atoms with van der Waals surface area (Å²) in [5.41, 5.74) is 0.316. The molecule has 1 atom stereocenters. The third kappa shape index (κ3) is 2.20. The maximum Gasteiger partial charge on any atom is 0.337 e. The minimum atomic E-state index is -0.776. The Balaban J connectivity index is 2.05. The molecule has 0 aliphatic carbocycles. The van der Waals surface area contributed by atoms with E-state index in [4.69, 9.17) is 14.2 Å². The van der Waals surface area contributed by atoms with E-state index in [0.29, 0.717) is 28.3 Å². The van der Waals surface area contributed by atoms with Crippen molar-refractivity contribution in [1.82, 2.24) is 9.97 Å². The lowest BCUT2D eigenvalue weighted by molar-refractivity contribution is -0.136. The Kier molecular flexibility index (Phi) is 3.57. The Labute approximate surface area is 146 Å². The number of fused-ring (bicyclic) bond motifs is 1. The van der Waals surface area contributed by atoms with Gasteiger partial charge in [-0.1, -0.05) is 12.1 Å². The predicted octanol–water partition coefficient (Wildman–Crippen LogP) is 0.449. The number of H-pyrrole nitrogens is 2. The number of methoxy groups -OCH3 is 2. The second kappa shape index (κ2) is 5.80. The maximum atomic E-state index is 12.6. The van der Waals surface area contributed by atoms with Crippen LogP contribution in [0.1, 0.15) is 17.0 Å². The van der Waals surface area contributed by atoms with Gasteiger partial charge in [0.25, 0.3) is 5.56 Å². The molecule has 0 saturated carbocycles. The normalized spacial score (nSPS) is 17.9. The van der Waals surface area contributed by atoms with E-state index in [1.165, 1.54) is 14.2 Å². The highest BCUT2D eigenvalue weighted by Gasteiger charge is 2.42. The van der Waals surface area contributed by atoms with Crippen molar-refractivity contribution in [3.05, 3.63) is 61.4 Å². The van der Waals surface area contributed by atoms with E-state index in [1.807, 2.05) is 0 Å². The van der Waals surface area contributed by atoms with Crippen LogP contribution >= 0.6 is 0 Å². The fourth-order valence-corrected chi connectivity index (χ4v) is 3.43. The van der Waals surface area contributed by atoms with Gasteiger partial charge in [0.2, 0.25) is 0 Å². The molecule has 0 unspecified atom stereocenters. The van der Waals surface area contributed by atoms with E-state index in [1.54, 1.807) is 18.2 Å². The lowest BCUT2D eigenvalue weighted by Gasteiger charge is -2.27. The molecule has 4 rings (SSSR count). The summed E-state index contributed by atoms with van der Waals surface area (Å²) in [5, 5.41) is 2.92. The van der Waals surface area contributed by atoms with E-state index in [2.05, 4.69) is 15.3 Å². The van der Waals surface area contributed by atoms with Crippen LogP contribution in [0.5, 0.6) is 11.5 Å². The highest BCUT2D eigenvalue weighted by atomic mass is 16.5. The van der Waals surface area contributed by atoms with Gasteiger partial charge in [-0.05, 0) is 6.07 Å². The number of carbonyl (C=O) groups excluding carboxylic acids is 1. The van der Waals surface area contributed by atoms with Gasteiger partial charge < -0.3 is 19.5 Å². The van der Waals surface area contributed by atoms with Crippen molar-refractivity contribution >= 4 is 11.8 Å². The monoisotopic (exact) mass is 357 g/mol. The molecular weight excluding hydrogens is 342 g/mol. The number of anilines is 1. The number of hydrogen-bond acceptors (Lipinski definition) is 7. The van der Waals surface area contributed by atoms with E-state index >= 15 is 0 Å². The van der Waals surface area contributed by atoms with Gasteiger partial charge in [0.15, 0.2) is 11.5 Å². The number of aromatic nitrogens is 2. The highest BCUT2D eigenvalue weighted by Crippen LogP contribution is 2.46. The zero-order valence-corrected chi connectivity index (χ0v) is 14.0. The van der Waals surface area contributed by atoms with Crippen molar-refractivity contribution in [1.29, 1.82) is 0 Å². The molecule has 0 amide bonds. The fourth-order valence-electron chi connectivity index (χ4n) is 3.43. The van der Waals surface area contributed by atoms with Gasteiger partial charge in [-0.25, -0.2) is 9.59 Å². The molecule has 2 aromatic rings. The quantitative estimate of drug-likeness (QED) is 0.682. The number of cyclic esters (lactones) is 1. The van der Waals surface area contributed by atoms with Crippen LogP contribution in [0.2, 0.25) is 0 Å². The lowest BCUT2D eigenvalue weighted by atomic mass is 9.82. The van der Waals surface area contributed by atoms with Gasteiger partial charge in [0.1, 0.15) is 12.4 Å². The molecule has 0 spiro atoms. The first kappa shape index (κ1) is 16.0. The first-order valence-electron chi connectivity index (χ1n) is 7.79. The van der Waals surface area contributed by atoms with Crippen LogP contribution in [0.15, 0.2) is 39.1 Å². The van der Waals surface area contributed by atoms with Gasteiger partial charge in [-0.2, -0.15) is 0 Å². The minimum Gasteiger partial charge on any atom is -0.493 e. The van der Waals surface area contributed by atoms with Crippen LogP contribution < -0.4 is 26.0 Å². The zero-order chi connectivity index (χ0) is 18.4. The van der Waals surface area contributed by atoms with Gasteiger partial charge in [-0.3, -0.25) is 14.8 Å². The molecule has 2 aliphatic heterocycles. The number of para-hydroxylation sites is 1. The second-order valence-electron chi connectivity index (χ2n) is 5.81. The number of rotatable bonds is 3. The van der Waals surface area contributed by atoms with E-state index < -0.39 is 23.1 Å². The molecule has 1 aromatic heterocycles. The van der Waals surface area contributed by atoms with Crippen LogP contribution in [-0.4, -0.2) is 36.8 Å². The number of ether oxygens (including phenoxy) is 3. The van der Waals surface area contributed by atoms with Crippen LogP contribution in [0.25, 0.3) is 0 Å². The van der Waals surface area contributed by atoms with Crippen LogP contribution in [-0.2, 0) is 9.53 Å². The summed E-state index contributed by atoms with van der Waals surface area (Å²) in [6.45, 7) is 0.0330. The topological polar surface area (TPSA) is 123 Å². The maximum absolute atomic E-state index is 12.6. The van der Waals surface area contributed by atoms with Crippen LogP contribution in [0, 0.1) is 0 Å². The summed E-state index contributed by atoms with van der Waals surface area (Å²) in [6.07, 6.45) is 0. The molecule has 9 heteroatoms. The van der Waals surface area contributed by atoms with Crippen molar-refractivity contribution in [2.24, 2.45) is 0 Å². The average Bonchev–Trinajstić information content (AvgIpc) is 2.99. The number of hydrogen-bond donors (Lipinski definition) is 3. The number of aromatic amines is 2. The molecule has 0 fully saturated rings. The van der Waals surface area contributed by atoms with Gasteiger partial charge in [0, 0.05) is 5.56 Å². The largest absolute Gasteiger partial charge is 0.493 e. The van der Waals surface area contributed by atoms with Crippen LogP contribution in [0.4, 0.5) is 5.82 Å². The molecule has 2 aliphatic rings. The molecule has 0 saturated heterocycles.